The number of anilines is 1. The van der Waals surface area contributed by atoms with Crippen molar-refractivity contribution in [2.24, 2.45) is 0 Å². The average molecular weight is 440 g/mol. The van der Waals surface area contributed by atoms with Crippen LogP contribution in [0.15, 0.2) is 53.9 Å². The first-order valence-corrected chi connectivity index (χ1v) is 11.3. The molecule has 1 amide bonds. The van der Waals surface area contributed by atoms with Crippen LogP contribution in [0.2, 0.25) is 0 Å². The molecule has 7 heteroatoms. The number of amides is 1. The second-order valence-electron chi connectivity index (χ2n) is 7.82. The fourth-order valence-corrected chi connectivity index (χ4v) is 4.43. The summed E-state index contributed by atoms with van der Waals surface area (Å²) in [7, 11) is 0. The molecule has 31 heavy (non-hydrogen) atoms. The normalized spacial score (nSPS) is 16.0. The molecule has 5 nitrogen and oxygen atoms in total. The number of hydrogen-bond acceptors (Lipinski definition) is 5. The molecule has 1 aliphatic heterocycles. The van der Waals surface area contributed by atoms with E-state index in [0.717, 1.165) is 47.0 Å². The van der Waals surface area contributed by atoms with E-state index in [1.807, 2.05) is 47.5 Å². The Labute approximate surface area is 185 Å². The second kappa shape index (κ2) is 10.1. The first-order chi connectivity index (χ1) is 15.0. The minimum Gasteiger partial charge on any atom is -0.377 e. The molecule has 0 spiro atoms. The molecule has 2 heterocycles. The van der Waals surface area contributed by atoms with Crippen LogP contribution in [0.4, 0.5) is 10.1 Å². The van der Waals surface area contributed by atoms with Crippen molar-refractivity contribution in [2.75, 3.05) is 25.0 Å². The van der Waals surface area contributed by atoms with Gasteiger partial charge in [-0.15, -0.1) is 11.3 Å². The minimum atomic E-state index is -0.270. The van der Waals surface area contributed by atoms with E-state index >= 15 is 0 Å². The van der Waals surface area contributed by atoms with Gasteiger partial charge in [-0.2, -0.15) is 0 Å². The van der Waals surface area contributed by atoms with E-state index < -0.39 is 0 Å². The quantitative estimate of drug-likeness (QED) is 0.544. The summed E-state index contributed by atoms with van der Waals surface area (Å²) in [6, 6.07) is 14.2. The number of carbonyl (C=O) groups excluding carboxylic acids is 1. The molecule has 1 atom stereocenters. The predicted molar refractivity (Wildman–Crippen MR) is 122 cm³/mol. The van der Waals surface area contributed by atoms with Crippen molar-refractivity contribution in [2.45, 2.75) is 32.4 Å². The van der Waals surface area contributed by atoms with Crippen molar-refractivity contribution in [3.05, 3.63) is 70.3 Å². The Bertz CT molecular complexity index is 1030. The van der Waals surface area contributed by atoms with Crippen molar-refractivity contribution in [3.8, 4) is 11.3 Å². The van der Waals surface area contributed by atoms with Crippen LogP contribution in [-0.2, 0) is 16.1 Å². The van der Waals surface area contributed by atoms with Crippen LogP contribution in [0.3, 0.4) is 0 Å². The number of carbonyl (C=O) groups is 1. The molecule has 2 aromatic carbocycles. The number of nitrogens with zero attached hydrogens (tertiary/aromatic N) is 2. The zero-order valence-electron chi connectivity index (χ0n) is 17.5. The monoisotopic (exact) mass is 439 g/mol. The van der Waals surface area contributed by atoms with Gasteiger partial charge in [0, 0.05) is 36.3 Å². The third-order valence-corrected chi connectivity index (χ3v) is 5.98. The van der Waals surface area contributed by atoms with Crippen molar-refractivity contribution in [1.29, 1.82) is 0 Å². The van der Waals surface area contributed by atoms with Crippen LogP contribution in [0, 0.1) is 12.7 Å². The maximum atomic E-state index is 13.6. The summed E-state index contributed by atoms with van der Waals surface area (Å²) < 4.78 is 19.4. The van der Waals surface area contributed by atoms with E-state index in [0.29, 0.717) is 13.1 Å². The van der Waals surface area contributed by atoms with Gasteiger partial charge in [-0.3, -0.25) is 9.69 Å². The number of benzene rings is 2. The van der Waals surface area contributed by atoms with E-state index in [4.69, 9.17) is 4.74 Å². The Morgan fingerprint density at radius 1 is 1.29 bits per heavy atom. The lowest BCUT2D eigenvalue weighted by atomic mass is 10.1. The maximum Gasteiger partial charge on any atom is 0.238 e. The van der Waals surface area contributed by atoms with Gasteiger partial charge in [0.1, 0.15) is 5.82 Å². The van der Waals surface area contributed by atoms with Crippen molar-refractivity contribution in [3.63, 3.8) is 0 Å². The molecule has 162 valence electrons. The van der Waals surface area contributed by atoms with E-state index in [-0.39, 0.29) is 24.4 Å². The highest BCUT2D eigenvalue weighted by molar-refractivity contribution is 7.09. The van der Waals surface area contributed by atoms with Gasteiger partial charge in [-0.05, 0) is 49.6 Å². The molecule has 1 aromatic heterocycles. The fourth-order valence-electron chi connectivity index (χ4n) is 3.81. The molecule has 1 saturated heterocycles. The van der Waals surface area contributed by atoms with Crippen LogP contribution in [0.1, 0.15) is 23.4 Å². The summed E-state index contributed by atoms with van der Waals surface area (Å²) in [6.07, 6.45) is 2.13. The zero-order valence-corrected chi connectivity index (χ0v) is 18.3. The number of thiazole rings is 1. The molecule has 0 aliphatic carbocycles. The molecule has 4 rings (SSSR count). The first kappa shape index (κ1) is 21.6. The second-order valence-corrected chi connectivity index (χ2v) is 8.88. The predicted octanol–water partition coefficient (Wildman–Crippen LogP) is 4.88. The molecule has 0 bridgehead atoms. The highest BCUT2D eigenvalue weighted by Gasteiger charge is 2.21. The van der Waals surface area contributed by atoms with Gasteiger partial charge in [-0.1, -0.05) is 24.3 Å². The van der Waals surface area contributed by atoms with Crippen LogP contribution in [0.5, 0.6) is 0 Å². The summed E-state index contributed by atoms with van der Waals surface area (Å²) in [4.78, 5) is 19.4. The Balaban J connectivity index is 1.42. The lowest BCUT2D eigenvalue weighted by Gasteiger charge is -2.25. The Kier molecular flexibility index (Phi) is 7.06. The zero-order chi connectivity index (χ0) is 21.6. The van der Waals surface area contributed by atoms with Crippen LogP contribution in [0.25, 0.3) is 11.3 Å². The summed E-state index contributed by atoms with van der Waals surface area (Å²) in [6.45, 7) is 4.07. The van der Waals surface area contributed by atoms with Gasteiger partial charge < -0.3 is 10.1 Å². The SMILES string of the molecule is Cc1nc(-c2cccc(NC(=O)CN(Cc3cccc(F)c3)CC3CCCO3)c2)cs1. The Hall–Kier alpha value is -2.61. The number of aryl methyl sites for hydroxylation is 1. The molecular weight excluding hydrogens is 413 g/mol. The molecule has 0 saturated carbocycles. The fraction of sp³-hybridized carbons (Fsp3) is 0.333. The van der Waals surface area contributed by atoms with Crippen LogP contribution >= 0.6 is 11.3 Å². The van der Waals surface area contributed by atoms with Gasteiger partial charge in [-0.25, -0.2) is 9.37 Å². The van der Waals surface area contributed by atoms with E-state index in [1.165, 1.54) is 12.1 Å². The molecule has 1 fully saturated rings. The third-order valence-electron chi connectivity index (χ3n) is 5.21. The molecule has 1 aliphatic rings. The standard InChI is InChI=1S/C24H26FN3O2S/c1-17-26-23(16-31-17)19-6-3-8-21(12-19)27-24(29)15-28(14-22-9-4-10-30-22)13-18-5-2-7-20(25)11-18/h2-3,5-8,11-12,16,22H,4,9-10,13-15H2,1H3,(H,27,29). The summed E-state index contributed by atoms with van der Waals surface area (Å²) in [5.41, 5.74) is 3.45. The molecule has 1 unspecified atom stereocenters. The van der Waals surface area contributed by atoms with Gasteiger partial charge in [0.15, 0.2) is 0 Å². The van der Waals surface area contributed by atoms with Gasteiger partial charge >= 0.3 is 0 Å². The van der Waals surface area contributed by atoms with Crippen molar-refractivity contribution < 1.29 is 13.9 Å². The van der Waals surface area contributed by atoms with Gasteiger partial charge in [0.25, 0.3) is 0 Å². The van der Waals surface area contributed by atoms with Crippen LogP contribution < -0.4 is 5.32 Å². The smallest absolute Gasteiger partial charge is 0.238 e. The summed E-state index contributed by atoms with van der Waals surface area (Å²) >= 11 is 1.60. The number of halogens is 1. The largest absolute Gasteiger partial charge is 0.377 e. The van der Waals surface area contributed by atoms with Gasteiger partial charge in [0.2, 0.25) is 5.91 Å². The topological polar surface area (TPSA) is 54.5 Å². The lowest BCUT2D eigenvalue weighted by Crippen LogP contribution is -2.38. The highest BCUT2D eigenvalue weighted by atomic mass is 32.1. The van der Waals surface area contributed by atoms with E-state index in [2.05, 4.69) is 10.3 Å². The molecular formula is C24H26FN3O2S. The van der Waals surface area contributed by atoms with Crippen molar-refractivity contribution in [1.82, 2.24) is 9.88 Å². The van der Waals surface area contributed by atoms with Crippen LogP contribution in [-0.4, -0.2) is 41.6 Å². The average Bonchev–Trinajstić information content (AvgIpc) is 3.40. The maximum absolute atomic E-state index is 13.6. The number of hydrogen-bond donors (Lipinski definition) is 1. The number of aromatic nitrogens is 1. The van der Waals surface area contributed by atoms with Gasteiger partial charge in [0.05, 0.1) is 23.4 Å². The lowest BCUT2D eigenvalue weighted by molar-refractivity contribution is -0.117. The first-order valence-electron chi connectivity index (χ1n) is 10.5. The molecule has 0 radical (unpaired) electrons. The summed E-state index contributed by atoms with van der Waals surface area (Å²) in [5.74, 6) is -0.380. The number of nitrogens with one attached hydrogen (secondary N) is 1. The minimum absolute atomic E-state index is 0.109. The number of ether oxygens (including phenoxy) is 1. The Morgan fingerprint density at radius 3 is 2.90 bits per heavy atom. The van der Waals surface area contributed by atoms with Crippen molar-refractivity contribution >= 4 is 22.9 Å². The number of rotatable bonds is 8. The Morgan fingerprint density at radius 2 is 2.16 bits per heavy atom. The van der Waals surface area contributed by atoms with E-state index in [1.54, 1.807) is 17.4 Å². The molecule has 1 N–H and O–H groups in total. The third kappa shape index (κ3) is 6.19. The van der Waals surface area contributed by atoms with E-state index in [9.17, 15) is 9.18 Å². The highest BCUT2D eigenvalue weighted by Crippen LogP contribution is 2.24. The summed E-state index contributed by atoms with van der Waals surface area (Å²) in [5, 5.41) is 6.01. The molecule has 3 aromatic rings.